The van der Waals surface area contributed by atoms with Gasteiger partial charge in [-0.15, -0.1) is 0 Å². The first-order valence-corrected chi connectivity index (χ1v) is 7.23. The predicted octanol–water partition coefficient (Wildman–Crippen LogP) is 0.514. The number of nitrogens with zero attached hydrogens (tertiary/aromatic N) is 2. The van der Waals surface area contributed by atoms with Crippen LogP contribution < -0.4 is 0 Å². The van der Waals surface area contributed by atoms with Crippen LogP contribution in [0.4, 0.5) is 0 Å². The first kappa shape index (κ1) is 16.9. The Hall–Kier alpha value is -1.05. The summed E-state index contributed by atoms with van der Waals surface area (Å²) in [6.45, 7) is 4.63. The second kappa shape index (κ2) is 7.40. The number of carbonyl (C=O) groups is 1. The van der Waals surface area contributed by atoms with Crippen LogP contribution in [0.2, 0.25) is 0 Å². The third kappa shape index (κ3) is 10.1. The highest BCUT2D eigenvalue weighted by Gasteiger charge is 2.14. The van der Waals surface area contributed by atoms with Crippen molar-refractivity contribution in [2.24, 2.45) is 4.99 Å². The van der Waals surface area contributed by atoms with Gasteiger partial charge in [0.05, 0.1) is 32.6 Å². The smallest absolute Gasteiger partial charge is 0.268 e. The molecule has 104 valence electrons. The Kier molecular flexibility index (Phi) is 6.97. The average molecular weight is 277 g/mol. The Bertz CT molecular complexity index is 413. The van der Waals surface area contributed by atoms with Gasteiger partial charge in [-0.1, -0.05) is 6.58 Å². The van der Waals surface area contributed by atoms with Crippen LogP contribution in [0.15, 0.2) is 17.6 Å². The number of hydrogen-bond acceptors (Lipinski definition) is 3. The maximum Gasteiger partial charge on any atom is 0.268 e. The van der Waals surface area contributed by atoms with Crippen molar-refractivity contribution in [2.75, 3.05) is 32.9 Å². The molecular formula is C11H21N2O4S+. The largest absolute Gasteiger partial charge is 0.324 e. The molecule has 0 rings (SSSR count). The van der Waals surface area contributed by atoms with Crippen LogP contribution >= 0.6 is 0 Å². The third-order valence-corrected chi connectivity index (χ3v) is 3.19. The molecule has 0 aliphatic rings. The zero-order chi connectivity index (χ0) is 14.2. The highest BCUT2D eigenvalue weighted by molar-refractivity contribution is 7.85. The molecule has 0 heterocycles. The van der Waals surface area contributed by atoms with E-state index in [-0.39, 0.29) is 11.7 Å². The number of carbonyl (C=O) groups excluding carboxylic acids is 1. The van der Waals surface area contributed by atoms with E-state index in [1.165, 1.54) is 6.21 Å². The first-order valence-electron chi connectivity index (χ1n) is 5.62. The molecule has 1 N–H and O–H groups in total. The van der Waals surface area contributed by atoms with E-state index < -0.39 is 10.1 Å². The number of unbranched alkanes of at least 4 members (excludes halogenated alkanes) is 1. The van der Waals surface area contributed by atoms with Crippen molar-refractivity contribution in [1.82, 2.24) is 0 Å². The van der Waals surface area contributed by atoms with Gasteiger partial charge in [0.25, 0.3) is 16.0 Å². The van der Waals surface area contributed by atoms with Gasteiger partial charge in [0.1, 0.15) is 6.54 Å². The maximum atomic E-state index is 10.9. The molecule has 7 heteroatoms. The number of rotatable bonds is 8. The quantitative estimate of drug-likeness (QED) is 0.230. The highest BCUT2D eigenvalue weighted by Crippen LogP contribution is 2.02. The van der Waals surface area contributed by atoms with Crippen molar-refractivity contribution in [3.63, 3.8) is 0 Å². The molecular weight excluding hydrogens is 256 g/mol. The minimum Gasteiger partial charge on any atom is -0.324 e. The van der Waals surface area contributed by atoms with E-state index in [0.717, 1.165) is 12.6 Å². The van der Waals surface area contributed by atoms with Gasteiger partial charge in [0.15, 0.2) is 0 Å². The Morgan fingerprint density at radius 3 is 2.50 bits per heavy atom. The minimum absolute atomic E-state index is 0.212. The van der Waals surface area contributed by atoms with E-state index in [2.05, 4.69) is 11.6 Å². The fourth-order valence-electron chi connectivity index (χ4n) is 1.32. The molecule has 0 bridgehead atoms. The van der Waals surface area contributed by atoms with Gasteiger partial charge in [-0.05, 0) is 18.9 Å². The van der Waals surface area contributed by atoms with Gasteiger partial charge >= 0.3 is 0 Å². The molecule has 0 spiro atoms. The number of amides is 1. The SMILES string of the molecule is C=CC(=O)N=CC[N+](C)(C)CCCCS(=O)(=O)O. The lowest BCUT2D eigenvalue weighted by Gasteiger charge is -2.27. The lowest BCUT2D eigenvalue weighted by Crippen LogP contribution is -2.42. The van der Waals surface area contributed by atoms with Crippen molar-refractivity contribution in [3.8, 4) is 0 Å². The van der Waals surface area contributed by atoms with E-state index in [9.17, 15) is 13.2 Å². The van der Waals surface area contributed by atoms with E-state index >= 15 is 0 Å². The van der Waals surface area contributed by atoms with Gasteiger partial charge in [-0.25, -0.2) is 4.99 Å². The fraction of sp³-hybridized carbons (Fsp3) is 0.636. The molecule has 0 unspecified atom stereocenters. The van der Waals surface area contributed by atoms with Crippen molar-refractivity contribution >= 4 is 22.2 Å². The van der Waals surface area contributed by atoms with Crippen LogP contribution in [0.25, 0.3) is 0 Å². The Balaban J connectivity index is 3.97. The lowest BCUT2D eigenvalue weighted by molar-refractivity contribution is -0.881. The van der Waals surface area contributed by atoms with Gasteiger partial charge in [-0.2, -0.15) is 8.42 Å². The first-order chi connectivity index (χ1) is 8.16. The van der Waals surface area contributed by atoms with Crippen LogP contribution in [-0.2, 0) is 14.9 Å². The molecule has 0 fully saturated rings. The molecule has 0 saturated carbocycles. The molecule has 6 nitrogen and oxygen atoms in total. The van der Waals surface area contributed by atoms with Crippen molar-refractivity contribution in [1.29, 1.82) is 0 Å². The van der Waals surface area contributed by atoms with Crippen LogP contribution in [0.1, 0.15) is 12.8 Å². The summed E-state index contributed by atoms with van der Waals surface area (Å²) in [5.41, 5.74) is 0. The van der Waals surface area contributed by atoms with E-state index in [0.29, 0.717) is 23.9 Å². The number of aliphatic imine (C=N–C) groups is 1. The normalized spacial score (nSPS) is 12.8. The third-order valence-electron chi connectivity index (χ3n) is 2.38. The molecule has 0 aromatic carbocycles. The summed E-state index contributed by atoms with van der Waals surface area (Å²) < 4.78 is 30.2. The molecule has 0 aliphatic heterocycles. The molecule has 0 radical (unpaired) electrons. The van der Waals surface area contributed by atoms with Crippen LogP contribution in [0.5, 0.6) is 0 Å². The second-order valence-electron chi connectivity index (χ2n) is 4.69. The van der Waals surface area contributed by atoms with E-state index in [1.807, 2.05) is 14.1 Å². The zero-order valence-corrected chi connectivity index (χ0v) is 11.7. The topological polar surface area (TPSA) is 83.8 Å². The van der Waals surface area contributed by atoms with Crippen molar-refractivity contribution in [2.45, 2.75) is 12.8 Å². The molecule has 0 aromatic heterocycles. The van der Waals surface area contributed by atoms with Gasteiger partial charge in [0.2, 0.25) is 0 Å². The molecule has 0 aliphatic carbocycles. The number of quaternary nitrogens is 1. The Morgan fingerprint density at radius 1 is 1.39 bits per heavy atom. The molecule has 1 amide bonds. The van der Waals surface area contributed by atoms with Crippen LogP contribution in [0.3, 0.4) is 0 Å². The zero-order valence-electron chi connectivity index (χ0n) is 10.9. The molecule has 0 aromatic rings. The number of hydrogen-bond donors (Lipinski definition) is 1. The molecule has 18 heavy (non-hydrogen) atoms. The average Bonchev–Trinajstić information content (AvgIpc) is 2.23. The van der Waals surface area contributed by atoms with E-state index in [4.69, 9.17) is 4.55 Å². The highest BCUT2D eigenvalue weighted by atomic mass is 32.2. The van der Waals surface area contributed by atoms with E-state index in [1.54, 1.807) is 0 Å². The van der Waals surface area contributed by atoms with Crippen molar-refractivity contribution < 1.29 is 22.2 Å². The fourth-order valence-corrected chi connectivity index (χ4v) is 1.89. The van der Waals surface area contributed by atoms with Crippen LogP contribution in [-0.4, -0.2) is 62.5 Å². The standard InChI is InChI=1S/C11H20N2O4S/c1-4-11(14)12-7-9-13(2,3)8-5-6-10-18(15,16)17/h4,7H,1,5-6,8-10H2,2-3H3/p+1. The lowest BCUT2D eigenvalue weighted by atomic mass is 10.3. The van der Waals surface area contributed by atoms with Crippen molar-refractivity contribution in [3.05, 3.63) is 12.7 Å². The molecule has 0 atom stereocenters. The summed E-state index contributed by atoms with van der Waals surface area (Å²) in [4.78, 5) is 14.5. The monoisotopic (exact) mass is 277 g/mol. The molecule has 0 saturated heterocycles. The summed E-state index contributed by atoms with van der Waals surface area (Å²) in [6, 6.07) is 0. The summed E-state index contributed by atoms with van der Waals surface area (Å²) in [6.07, 6.45) is 3.77. The summed E-state index contributed by atoms with van der Waals surface area (Å²) >= 11 is 0. The predicted molar refractivity (Wildman–Crippen MR) is 71.2 cm³/mol. The van der Waals surface area contributed by atoms with Gasteiger partial charge in [0, 0.05) is 0 Å². The van der Waals surface area contributed by atoms with Gasteiger partial charge < -0.3 is 4.48 Å². The summed E-state index contributed by atoms with van der Waals surface area (Å²) in [5, 5.41) is 0. The van der Waals surface area contributed by atoms with Gasteiger partial charge in [-0.3, -0.25) is 9.35 Å². The second-order valence-corrected chi connectivity index (χ2v) is 6.26. The minimum atomic E-state index is -3.86. The summed E-state index contributed by atoms with van der Waals surface area (Å²) in [5.74, 6) is -0.586. The summed E-state index contributed by atoms with van der Waals surface area (Å²) in [7, 11) is 0.0500. The van der Waals surface area contributed by atoms with Crippen LogP contribution in [0, 0.1) is 0 Å². The Morgan fingerprint density at radius 2 is 2.00 bits per heavy atom. The Labute approximate surface area is 108 Å². The maximum absolute atomic E-state index is 10.9.